The van der Waals surface area contributed by atoms with E-state index in [1.807, 2.05) is 67.6 Å². The van der Waals surface area contributed by atoms with E-state index in [4.69, 9.17) is 9.47 Å². The van der Waals surface area contributed by atoms with Gasteiger partial charge in [0.15, 0.2) is 0 Å². The lowest BCUT2D eigenvalue weighted by Gasteiger charge is -2.44. The minimum Gasteiger partial charge on any atom is -0.389 e. The lowest BCUT2D eigenvalue weighted by molar-refractivity contribution is -0.150. The van der Waals surface area contributed by atoms with Crippen molar-refractivity contribution in [2.75, 3.05) is 25.1 Å². The fourth-order valence-corrected chi connectivity index (χ4v) is 4.62. The molecule has 0 radical (unpaired) electrons. The van der Waals surface area contributed by atoms with Crippen molar-refractivity contribution in [2.24, 2.45) is 0 Å². The number of urea groups is 1. The van der Waals surface area contributed by atoms with Gasteiger partial charge in [-0.2, -0.15) is 0 Å². The Balaban J connectivity index is 1.37. The predicted molar refractivity (Wildman–Crippen MR) is 128 cm³/mol. The molecular formula is C26H33N3O5. The Hall–Kier alpha value is -2.94. The molecule has 182 valence electrons. The van der Waals surface area contributed by atoms with Gasteiger partial charge in [0.25, 0.3) is 0 Å². The first kappa shape index (κ1) is 24.2. The molecule has 2 aliphatic heterocycles. The van der Waals surface area contributed by atoms with Crippen LogP contribution in [0.4, 0.5) is 10.5 Å². The molecule has 2 heterocycles. The van der Waals surface area contributed by atoms with Crippen molar-refractivity contribution in [3.63, 3.8) is 0 Å². The van der Waals surface area contributed by atoms with Gasteiger partial charge in [-0.25, -0.2) is 4.79 Å². The highest BCUT2D eigenvalue weighted by Gasteiger charge is 2.40. The van der Waals surface area contributed by atoms with Crippen molar-refractivity contribution >= 4 is 17.6 Å². The molecule has 0 spiro atoms. The van der Waals surface area contributed by atoms with Crippen molar-refractivity contribution in [1.82, 2.24) is 10.2 Å². The highest BCUT2D eigenvalue weighted by molar-refractivity contribution is 5.89. The van der Waals surface area contributed by atoms with Crippen LogP contribution in [-0.4, -0.2) is 66.1 Å². The van der Waals surface area contributed by atoms with Crippen LogP contribution in [0.3, 0.4) is 0 Å². The number of hydrogen-bond acceptors (Lipinski definition) is 5. The number of hydrogen-bond donors (Lipinski definition) is 3. The van der Waals surface area contributed by atoms with Gasteiger partial charge in [-0.15, -0.1) is 0 Å². The number of ether oxygens (including phenoxy) is 2. The van der Waals surface area contributed by atoms with E-state index >= 15 is 0 Å². The first-order valence-electron chi connectivity index (χ1n) is 11.9. The molecule has 0 bridgehead atoms. The zero-order chi connectivity index (χ0) is 23.9. The molecule has 5 atom stereocenters. The Kier molecular flexibility index (Phi) is 8.16. The molecule has 2 aromatic carbocycles. The minimum absolute atomic E-state index is 0.0688. The third-order valence-corrected chi connectivity index (χ3v) is 6.36. The van der Waals surface area contributed by atoms with Gasteiger partial charge in [-0.1, -0.05) is 48.5 Å². The standard InChI is InChI=1S/C26H33N3O5/c1-18(19-8-4-2-5-9-19)27-25(31)14-22-12-13-23-24(34-22)17-33-16-21(30)15-29(23)26(32)28-20-10-6-3-7-11-20/h2-11,18,21-24,30H,12-17H2,1H3,(H,27,31)(H,28,32)/t18-,21+,22+,23+,24-/m0/s1. The Labute approximate surface area is 200 Å². The molecule has 3 amide bonds. The molecule has 0 aromatic heterocycles. The molecule has 4 rings (SSSR count). The summed E-state index contributed by atoms with van der Waals surface area (Å²) in [7, 11) is 0. The third kappa shape index (κ3) is 6.34. The lowest BCUT2D eigenvalue weighted by atomic mass is 9.94. The average molecular weight is 468 g/mol. The lowest BCUT2D eigenvalue weighted by Crippen LogP contribution is -2.58. The van der Waals surface area contributed by atoms with Crippen LogP contribution < -0.4 is 10.6 Å². The number of benzene rings is 2. The molecule has 2 saturated heterocycles. The second-order valence-electron chi connectivity index (χ2n) is 8.99. The summed E-state index contributed by atoms with van der Waals surface area (Å²) >= 11 is 0. The van der Waals surface area contributed by atoms with Gasteiger partial charge in [0, 0.05) is 5.69 Å². The monoisotopic (exact) mass is 467 g/mol. The molecule has 8 heteroatoms. The first-order valence-corrected chi connectivity index (χ1v) is 11.9. The summed E-state index contributed by atoms with van der Waals surface area (Å²) in [5.41, 5.74) is 1.74. The summed E-state index contributed by atoms with van der Waals surface area (Å²) in [5.74, 6) is -0.0688. The van der Waals surface area contributed by atoms with E-state index in [1.165, 1.54) is 0 Å². The number of amides is 3. The van der Waals surface area contributed by atoms with Crippen LogP contribution >= 0.6 is 0 Å². The van der Waals surface area contributed by atoms with E-state index in [-0.39, 0.29) is 62.4 Å². The van der Waals surface area contributed by atoms with Gasteiger partial charge in [-0.05, 0) is 37.5 Å². The first-order chi connectivity index (χ1) is 16.5. The maximum absolute atomic E-state index is 13.1. The number of anilines is 1. The summed E-state index contributed by atoms with van der Waals surface area (Å²) < 4.78 is 11.9. The van der Waals surface area contributed by atoms with Crippen LogP contribution in [0.5, 0.6) is 0 Å². The number of fused-ring (bicyclic) bond motifs is 1. The molecule has 34 heavy (non-hydrogen) atoms. The van der Waals surface area contributed by atoms with E-state index in [0.29, 0.717) is 18.5 Å². The highest BCUT2D eigenvalue weighted by Crippen LogP contribution is 2.28. The topological polar surface area (TPSA) is 100 Å². The molecule has 3 N–H and O–H groups in total. The van der Waals surface area contributed by atoms with Crippen LogP contribution in [0.1, 0.15) is 37.8 Å². The number of rotatable bonds is 5. The van der Waals surface area contributed by atoms with Gasteiger partial charge < -0.3 is 30.1 Å². The van der Waals surface area contributed by atoms with E-state index < -0.39 is 6.10 Å². The average Bonchev–Trinajstić information content (AvgIpc) is 2.83. The van der Waals surface area contributed by atoms with Crippen LogP contribution in [0.15, 0.2) is 60.7 Å². The largest absolute Gasteiger partial charge is 0.389 e. The Morgan fingerprint density at radius 3 is 2.50 bits per heavy atom. The van der Waals surface area contributed by atoms with Gasteiger partial charge in [0.05, 0.1) is 50.5 Å². The number of nitrogens with zero attached hydrogens (tertiary/aromatic N) is 1. The molecule has 2 fully saturated rings. The van der Waals surface area contributed by atoms with E-state index in [2.05, 4.69) is 10.6 Å². The molecule has 0 aliphatic carbocycles. The van der Waals surface area contributed by atoms with E-state index in [9.17, 15) is 14.7 Å². The van der Waals surface area contributed by atoms with Gasteiger partial charge in [0.2, 0.25) is 5.91 Å². The summed E-state index contributed by atoms with van der Waals surface area (Å²) in [5, 5.41) is 16.2. The van der Waals surface area contributed by atoms with E-state index in [0.717, 1.165) is 5.56 Å². The number of nitrogens with one attached hydrogen (secondary N) is 2. The zero-order valence-corrected chi connectivity index (χ0v) is 19.4. The molecule has 0 saturated carbocycles. The van der Waals surface area contributed by atoms with Crippen molar-refractivity contribution in [3.8, 4) is 0 Å². The number of aliphatic hydroxyl groups is 1. The van der Waals surface area contributed by atoms with Crippen molar-refractivity contribution in [2.45, 2.75) is 56.6 Å². The molecule has 0 unspecified atom stereocenters. The number of carbonyl (C=O) groups is 2. The Morgan fingerprint density at radius 1 is 1.06 bits per heavy atom. The van der Waals surface area contributed by atoms with Crippen molar-refractivity contribution < 1.29 is 24.2 Å². The number of para-hydroxylation sites is 1. The van der Waals surface area contributed by atoms with Crippen molar-refractivity contribution in [3.05, 3.63) is 66.2 Å². The van der Waals surface area contributed by atoms with E-state index in [1.54, 1.807) is 4.90 Å². The summed E-state index contributed by atoms with van der Waals surface area (Å²) in [6.45, 7) is 2.50. The summed E-state index contributed by atoms with van der Waals surface area (Å²) in [4.78, 5) is 27.4. The maximum Gasteiger partial charge on any atom is 0.322 e. The minimum atomic E-state index is -0.773. The molecule has 2 aromatic rings. The predicted octanol–water partition coefficient (Wildman–Crippen LogP) is 3.10. The van der Waals surface area contributed by atoms with Gasteiger partial charge in [-0.3, -0.25) is 4.79 Å². The normalized spacial score (nSPS) is 25.9. The number of β-amino-alcohol motifs (C(OH)–C–C–N with tert-alkyl or cyclic N) is 1. The number of carbonyl (C=O) groups excluding carboxylic acids is 2. The zero-order valence-electron chi connectivity index (χ0n) is 19.4. The fraction of sp³-hybridized carbons (Fsp3) is 0.462. The fourth-order valence-electron chi connectivity index (χ4n) is 4.62. The van der Waals surface area contributed by atoms with Gasteiger partial charge in [0.1, 0.15) is 6.10 Å². The van der Waals surface area contributed by atoms with Crippen LogP contribution in [0.25, 0.3) is 0 Å². The second kappa shape index (κ2) is 11.5. The van der Waals surface area contributed by atoms with Gasteiger partial charge >= 0.3 is 6.03 Å². The summed E-state index contributed by atoms with van der Waals surface area (Å²) in [6, 6.07) is 18.4. The molecule has 2 aliphatic rings. The highest BCUT2D eigenvalue weighted by atomic mass is 16.5. The Bertz CT molecular complexity index is 942. The maximum atomic E-state index is 13.1. The van der Waals surface area contributed by atoms with Crippen molar-refractivity contribution in [1.29, 1.82) is 0 Å². The summed E-state index contributed by atoms with van der Waals surface area (Å²) in [6.07, 6.45) is 0.155. The van der Waals surface area contributed by atoms with Crippen LogP contribution in [-0.2, 0) is 14.3 Å². The quantitative estimate of drug-likeness (QED) is 0.628. The molecular weight excluding hydrogens is 434 g/mol. The Morgan fingerprint density at radius 2 is 1.76 bits per heavy atom. The number of aliphatic hydroxyl groups excluding tert-OH is 1. The van der Waals surface area contributed by atoms with Crippen LogP contribution in [0.2, 0.25) is 0 Å². The third-order valence-electron chi connectivity index (χ3n) is 6.36. The van der Waals surface area contributed by atoms with Crippen LogP contribution in [0, 0.1) is 0 Å². The second-order valence-corrected chi connectivity index (χ2v) is 8.99. The SMILES string of the molecule is C[C@H](NC(=O)C[C@H]1CC[C@@H]2[C@H](COC[C@H](O)CN2C(=O)Nc2ccccc2)O1)c1ccccc1. The smallest absolute Gasteiger partial charge is 0.322 e. The molecule has 8 nitrogen and oxygen atoms in total.